The summed E-state index contributed by atoms with van der Waals surface area (Å²) in [6.07, 6.45) is 0. The first kappa shape index (κ1) is 13.5. The van der Waals surface area contributed by atoms with Gasteiger partial charge in [0.2, 0.25) is 0 Å². The summed E-state index contributed by atoms with van der Waals surface area (Å²) < 4.78 is 11.1. The third kappa shape index (κ3) is 2.31. The lowest BCUT2D eigenvalue weighted by molar-refractivity contribution is -0.131. The fourth-order valence-corrected chi connectivity index (χ4v) is 2.74. The first-order valence-electron chi connectivity index (χ1n) is 7.01. The zero-order chi connectivity index (χ0) is 14.2. The maximum atomic E-state index is 9.59. The third-order valence-electron chi connectivity index (χ3n) is 4.10. The molecule has 0 atom stereocenters. The Morgan fingerprint density at radius 2 is 2.15 bits per heavy atom. The Labute approximate surface area is 119 Å². The van der Waals surface area contributed by atoms with Gasteiger partial charge in [0, 0.05) is 32.4 Å². The number of anilines is 2. The standard InChI is InChI=1S/C15H22N2O3/c1-16(2)12-3-4-13-14(7-12)20-6-5-17(13)8-15(9-18)10-19-11-15/h3-4,7,18H,5-6,8-11H2,1-2H3. The molecule has 0 unspecified atom stereocenters. The van der Waals surface area contributed by atoms with E-state index in [9.17, 15) is 5.11 Å². The summed E-state index contributed by atoms with van der Waals surface area (Å²) in [4.78, 5) is 4.37. The predicted molar refractivity (Wildman–Crippen MR) is 78.8 cm³/mol. The number of aliphatic hydroxyl groups excluding tert-OH is 1. The Hall–Kier alpha value is -1.46. The molecule has 3 rings (SSSR count). The fourth-order valence-electron chi connectivity index (χ4n) is 2.74. The number of hydrogen-bond acceptors (Lipinski definition) is 5. The second-order valence-electron chi connectivity index (χ2n) is 5.97. The summed E-state index contributed by atoms with van der Waals surface area (Å²) in [6.45, 7) is 3.83. The molecule has 5 nitrogen and oxygen atoms in total. The normalized spacial score (nSPS) is 19.9. The van der Waals surface area contributed by atoms with Gasteiger partial charge in [0.15, 0.2) is 0 Å². The Morgan fingerprint density at radius 1 is 1.35 bits per heavy atom. The smallest absolute Gasteiger partial charge is 0.144 e. The molecular formula is C15H22N2O3. The summed E-state index contributed by atoms with van der Waals surface area (Å²) in [7, 11) is 4.05. The van der Waals surface area contributed by atoms with Crippen LogP contribution in [-0.4, -0.2) is 58.7 Å². The monoisotopic (exact) mass is 278 g/mol. The molecule has 0 aromatic heterocycles. The largest absolute Gasteiger partial charge is 0.489 e. The number of ether oxygens (including phenoxy) is 2. The molecule has 1 aromatic rings. The van der Waals surface area contributed by atoms with E-state index >= 15 is 0 Å². The molecule has 20 heavy (non-hydrogen) atoms. The summed E-state index contributed by atoms with van der Waals surface area (Å²) in [6, 6.07) is 6.28. The highest BCUT2D eigenvalue weighted by molar-refractivity contribution is 5.66. The van der Waals surface area contributed by atoms with Crippen LogP contribution in [0.4, 0.5) is 11.4 Å². The zero-order valence-electron chi connectivity index (χ0n) is 12.1. The first-order valence-corrected chi connectivity index (χ1v) is 7.01. The molecule has 0 saturated carbocycles. The van der Waals surface area contributed by atoms with E-state index in [1.807, 2.05) is 14.1 Å². The lowest BCUT2D eigenvalue weighted by atomic mass is 9.86. The van der Waals surface area contributed by atoms with Crippen LogP contribution in [0, 0.1) is 5.41 Å². The van der Waals surface area contributed by atoms with Crippen LogP contribution in [0.3, 0.4) is 0 Å². The van der Waals surface area contributed by atoms with E-state index in [2.05, 4.69) is 28.0 Å². The van der Waals surface area contributed by atoms with E-state index in [4.69, 9.17) is 9.47 Å². The SMILES string of the molecule is CN(C)c1ccc2c(c1)OCCN2CC1(CO)COC1. The average molecular weight is 278 g/mol. The van der Waals surface area contributed by atoms with Crippen LogP contribution in [0.2, 0.25) is 0 Å². The fraction of sp³-hybridized carbons (Fsp3) is 0.600. The van der Waals surface area contributed by atoms with E-state index in [1.165, 1.54) is 0 Å². The van der Waals surface area contributed by atoms with Gasteiger partial charge >= 0.3 is 0 Å². The summed E-state index contributed by atoms with van der Waals surface area (Å²) in [5.41, 5.74) is 2.14. The minimum absolute atomic E-state index is 0.102. The molecular weight excluding hydrogens is 256 g/mol. The van der Waals surface area contributed by atoms with Crippen molar-refractivity contribution in [3.63, 3.8) is 0 Å². The van der Waals surface area contributed by atoms with Gasteiger partial charge in [-0.3, -0.25) is 0 Å². The second-order valence-corrected chi connectivity index (χ2v) is 5.97. The highest BCUT2D eigenvalue weighted by Gasteiger charge is 2.40. The van der Waals surface area contributed by atoms with Crippen molar-refractivity contribution in [1.29, 1.82) is 0 Å². The van der Waals surface area contributed by atoms with Gasteiger partial charge < -0.3 is 24.4 Å². The molecule has 1 N–H and O–H groups in total. The van der Waals surface area contributed by atoms with E-state index in [-0.39, 0.29) is 12.0 Å². The van der Waals surface area contributed by atoms with Crippen LogP contribution in [0.15, 0.2) is 18.2 Å². The van der Waals surface area contributed by atoms with Crippen LogP contribution in [0.1, 0.15) is 0 Å². The quantitative estimate of drug-likeness (QED) is 0.889. The second kappa shape index (κ2) is 5.14. The summed E-state index contributed by atoms with van der Waals surface area (Å²) in [5.74, 6) is 0.927. The number of nitrogens with zero attached hydrogens (tertiary/aromatic N) is 2. The number of aliphatic hydroxyl groups is 1. The Balaban J connectivity index is 1.83. The van der Waals surface area contributed by atoms with Crippen molar-refractivity contribution in [3.05, 3.63) is 18.2 Å². The van der Waals surface area contributed by atoms with Crippen LogP contribution >= 0.6 is 0 Å². The molecule has 1 fully saturated rings. The average Bonchev–Trinajstić information content (AvgIpc) is 2.42. The van der Waals surface area contributed by atoms with E-state index in [1.54, 1.807) is 0 Å². The maximum absolute atomic E-state index is 9.59. The van der Waals surface area contributed by atoms with Gasteiger partial charge in [-0.1, -0.05) is 0 Å². The van der Waals surface area contributed by atoms with Crippen molar-refractivity contribution in [1.82, 2.24) is 0 Å². The minimum atomic E-state index is -0.102. The summed E-state index contributed by atoms with van der Waals surface area (Å²) in [5, 5.41) is 9.59. The van der Waals surface area contributed by atoms with Gasteiger partial charge in [-0.05, 0) is 12.1 Å². The van der Waals surface area contributed by atoms with Crippen molar-refractivity contribution in [3.8, 4) is 5.75 Å². The molecule has 0 spiro atoms. The molecule has 2 aliphatic heterocycles. The topological polar surface area (TPSA) is 45.2 Å². The van der Waals surface area contributed by atoms with Crippen molar-refractivity contribution >= 4 is 11.4 Å². The molecule has 110 valence electrons. The van der Waals surface area contributed by atoms with E-state index < -0.39 is 0 Å². The van der Waals surface area contributed by atoms with Crippen LogP contribution in [0.25, 0.3) is 0 Å². The van der Waals surface area contributed by atoms with Crippen LogP contribution in [0.5, 0.6) is 5.75 Å². The molecule has 0 bridgehead atoms. The van der Waals surface area contributed by atoms with Crippen LogP contribution in [-0.2, 0) is 4.74 Å². The first-order chi connectivity index (χ1) is 9.63. The van der Waals surface area contributed by atoms with Gasteiger partial charge in [-0.2, -0.15) is 0 Å². The highest BCUT2D eigenvalue weighted by Crippen LogP contribution is 2.38. The molecule has 5 heteroatoms. The predicted octanol–water partition coefficient (Wildman–Crippen LogP) is 0.960. The molecule has 0 radical (unpaired) electrons. The number of fused-ring (bicyclic) bond motifs is 1. The van der Waals surface area contributed by atoms with Crippen LogP contribution < -0.4 is 14.5 Å². The van der Waals surface area contributed by atoms with E-state index in [0.29, 0.717) is 19.8 Å². The number of rotatable bonds is 4. The highest BCUT2D eigenvalue weighted by atomic mass is 16.5. The number of hydrogen-bond donors (Lipinski definition) is 1. The lowest BCUT2D eigenvalue weighted by Gasteiger charge is -2.45. The van der Waals surface area contributed by atoms with Crippen molar-refractivity contribution in [2.75, 3.05) is 63.4 Å². The number of benzene rings is 1. The molecule has 2 aliphatic rings. The molecule has 0 aliphatic carbocycles. The molecule has 1 aromatic carbocycles. The molecule has 2 heterocycles. The van der Waals surface area contributed by atoms with Crippen molar-refractivity contribution in [2.45, 2.75) is 0 Å². The van der Waals surface area contributed by atoms with Gasteiger partial charge in [0.05, 0.1) is 37.5 Å². The van der Waals surface area contributed by atoms with Gasteiger partial charge in [-0.25, -0.2) is 0 Å². The lowest BCUT2D eigenvalue weighted by Crippen LogP contribution is -2.54. The Kier molecular flexibility index (Phi) is 3.48. The van der Waals surface area contributed by atoms with Gasteiger partial charge in [-0.15, -0.1) is 0 Å². The molecule has 1 saturated heterocycles. The van der Waals surface area contributed by atoms with Gasteiger partial charge in [0.25, 0.3) is 0 Å². The Bertz CT molecular complexity index is 480. The Morgan fingerprint density at radius 3 is 2.75 bits per heavy atom. The maximum Gasteiger partial charge on any atom is 0.144 e. The zero-order valence-corrected chi connectivity index (χ0v) is 12.1. The van der Waals surface area contributed by atoms with E-state index in [0.717, 1.165) is 30.2 Å². The summed E-state index contributed by atoms with van der Waals surface area (Å²) >= 11 is 0. The van der Waals surface area contributed by atoms with Gasteiger partial charge in [0.1, 0.15) is 12.4 Å². The third-order valence-corrected chi connectivity index (χ3v) is 4.10. The minimum Gasteiger partial charge on any atom is -0.489 e. The molecule has 0 amide bonds. The van der Waals surface area contributed by atoms with Crippen molar-refractivity contribution in [2.24, 2.45) is 5.41 Å². The van der Waals surface area contributed by atoms with Crippen molar-refractivity contribution < 1.29 is 14.6 Å².